The van der Waals surface area contributed by atoms with Crippen molar-refractivity contribution in [2.24, 2.45) is 17.8 Å². The summed E-state index contributed by atoms with van der Waals surface area (Å²) in [6, 6.07) is 20.3. The molecule has 29 heavy (non-hydrogen) atoms. The minimum absolute atomic E-state index is 0.0498. The van der Waals surface area contributed by atoms with Crippen LogP contribution in [0, 0.1) is 17.8 Å². The van der Waals surface area contributed by atoms with E-state index in [4.69, 9.17) is 9.47 Å². The van der Waals surface area contributed by atoms with Crippen LogP contribution in [0.3, 0.4) is 0 Å². The predicted octanol–water partition coefficient (Wildman–Crippen LogP) is 4.19. The standard InChI is InChI=1S/C25H34O4/c1-18(14-15-21-10-6-4-7-11-21)23-19(2)20(3)24(25(27,17-26)29-23)28-16-22-12-8-5-9-13-22/h4-13,18-20,23-24,26-27H,14-17H2,1-3H3/t18-,19+,20+,23?,24?,25+/m1/s1. The maximum atomic E-state index is 11.1. The van der Waals surface area contributed by atoms with E-state index in [1.54, 1.807) is 0 Å². The van der Waals surface area contributed by atoms with E-state index >= 15 is 0 Å². The summed E-state index contributed by atoms with van der Waals surface area (Å²) in [6.07, 6.45) is 1.21. The molecule has 0 spiro atoms. The first-order chi connectivity index (χ1) is 13.9. The zero-order chi connectivity index (χ0) is 20.9. The van der Waals surface area contributed by atoms with Crippen LogP contribution in [0.4, 0.5) is 0 Å². The summed E-state index contributed by atoms with van der Waals surface area (Å²) in [5.74, 6) is -1.19. The molecule has 0 radical (unpaired) electrons. The van der Waals surface area contributed by atoms with Crippen LogP contribution in [0.5, 0.6) is 0 Å². The monoisotopic (exact) mass is 398 g/mol. The van der Waals surface area contributed by atoms with Crippen LogP contribution in [0.25, 0.3) is 0 Å². The third-order valence-corrected chi connectivity index (χ3v) is 6.40. The van der Waals surface area contributed by atoms with Gasteiger partial charge in [0.05, 0.1) is 19.3 Å². The number of hydrogen-bond donors (Lipinski definition) is 2. The number of aliphatic hydroxyl groups excluding tert-OH is 1. The van der Waals surface area contributed by atoms with Crippen LogP contribution >= 0.6 is 0 Å². The Morgan fingerprint density at radius 2 is 1.55 bits per heavy atom. The van der Waals surface area contributed by atoms with Gasteiger partial charge in [-0.05, 0) is 41.7 Å². The van der Waals surface area contributed by atoms with Gasteiger partial charge in [0, 0.05) is 0 Å². The predicted molar refractivity (Wildman–Crippen MR) is 114 cm³/mol. The second kappa shape index (κ2) is 9.86. The largest absolute Gasteiger partial charge is 0.391 e. The average Bonchev–Trinajstić information content (AvgIpc) is 2.76. The van der Waals surface area contributed by atoms with Crippen molar-refractivity contribution in [3.8, 4) is 0 Å². The highest BCUT2D eigenvalue weighted by molar-refractivity contribution is 5.15. The maximum absolute atomic E-state index is 11.1. The fraction of sp³-hybridized carbons (Fsp3) is 0.520. The molecule has 6 atom stereocenters. The first kappa shape index (κ1) is 22.0. The zero-order valence-corrected chi connectivity index (χ0v) is 17.7. The molecule has 0 amide bonds. The lowest BCUT2D eigenvalue weighted by molar-refractivity contribution is -0.352. The topological polar surface area (TPSA) is 58.9 Å². The van der Waals surface area contributed by atoms with Crippen molar-refractivity contribution in [2.45, 2.75) is 58.2 Å². The highest BCUT2D eigenvalue weighted by Crippen LogP contribution is 2.41. The van der Waals surface area contributed by atoms with Crippen LogP contribution < -0.4 is 0 Å². The molecular weight excluding hydrogens is 364 g/mol. The lowest BCUT2D eigenvalue weighted by atomic mass is 9.75. The van der Waals surface area contributed by atoms with Crippen LogP contribution in [0.1, 0.15) is 38.3 Å². The van der Waals surface area contributed by atoms with Crippen molar-refractivity contribution in [3.05, 3.63) is 71.8 Å². The molecule has 2 N–H and O–H groups in total. The molecule has 1 fully saturated rings. The summed E-state index contributed by atoms with van der Waals surface area (Å²) < 4.78 is 12.2. The molecule has 0 bridgehead atoms. The van der Waals surface area contributed by atoms with E-state index in [2.05, 4.69) is 45.0 Å². The lowest BCUT2D eigenvalue weighted by Gasteiger charge is -2.50. The summed E-state index contributed by atoms with van der Waals surface area (Å²) in [6.45, 7) is 6.30. The SMILES string of the molecule is C[C@H](CCc1ccccc1)C1O[C@@](O)(CO)C(OCc2ccccc2)[C@@H](C)[C@@H]1C. The Hall–Kier alpha value is -1.72. The summed E-state index contributed by atoms with van der Waals surface area (Å²) in [4.78, 5) is 0. The average molecular weight is 399 g/mol. The van der Waals surface area contributed by atoms with Gasteiger partial charge >= 0.3 is 0 Å². The number of benzene rings is 2. The molecule has 2 unspecified atom stereocenters. The second-order valence-corrected chi connectivity index (χ2v) is 8.52. The quantitative estimate of drug-likeness (QED) is 0.700. The first-order valence-corrected chi connectivity index (χ1v) is 10.6. The normalized spacial score (nSPS) is 30.8. The zero-order valence-electron chi connectivity index (χ0n) is 17.7. The molecule has 1 aliphatic heterocycles. The molecule has 4 nitrogen and oxygen atoms in total. The van der Waals surface area contributed by atoms with Gasteiger partial charge in [0.2, 0.25) is 5.79 Å². The summed E-state index contributed by atoms with van der Waals surface area (Å²) in [5.41, 5.74) is 2.34. The van der Waals surface area contributed by atoms with Crippen molar-refractivity contribution in [3.63, 3.8) is 0 Å². The number of rotatable bonds is 8. The number of ether oxygens (including phenoxy) is 2. The molecule has 1 aliphatic rings. The molecule has 2 aromatic carbocycles. The fourth-order valence-electron chi connectivity index (χ4n) is 4.40. The third kappa shape index (κ3) is 5.26. The van der Waals surface area contributed by atoms with Gasteiger partial charge in [0.25, 0.3) is 0 Å². The van der Waals surface area contributed by atoms with Crippen molar-refractivity contribution in [2.75, 3.05) is 6.61 Å². The Morgan fingerprint density at radius 3 is 2.14 bits per heavy atom. The summed E-state index contributed by atoms with van der Waals surface area (Å²) in [7, 11) is 0. The van der Waals surface area contributed by atoms with Gasteiger partial charge in [-0.3, -0.25) is 0 Å². The molecule has 0 aromatic heterocycles. The minimum atomic E-state index is -1.69. The van der Waals surface area contributed by atoms with Crippen molar-refractivity contribution in [1.82, 2.24) is 0 Å². The van der Waals surface area contributed by atoms with Gasteiger partial charge in [-0.2, -0.15) is 0 Å². The van der Waals surface area contributed by atoms with Gasteiger partial charge in [-0.25, -0.2) is 0 Å². The summed E-state index contributed by atoms with van der Waals surface area (Å²) >= 11 is 0. The van der Waals surface area contributed by atoms with Crippen LogP contribution in [0.2, 0.25) is 0 Å². The van der Waals surface area contributed by atoms with E-state index in [1.165, 1.54) is 5.56 Å². The first-order valence-electron chi connectivity index (χ1n) is 10.6. The van der Waals surface area contributed by atoms with Crippen LogP contribution in [-0.4, -0.2) is 34.8 Å². The van der Waals surface area contributed by atoms with Gasteiger partial charge in [0.1, 0.15) is 6.10 Å². The van der Waals surface area contributed by atoms with E-state index in [0.29, 0.717) is 6.61 Å². The Bertz CT molecular complexity index is 735. The molecule has 4 heteroatoms. The Balaban J connectivity index is 1.66. The Kier molecular flexibility index (Phi) is 7.47. The van der Waals surface area contributed by atoms with Gasteiger partial charge < -0.3 is 19.7 Å². The smallest absolute Gasteiger partial charge is 0.216 e. The molecule has 0 aliphatic carbocycles. The lowest BCUT2D eigenvalue weighted by Crippen LogP contribution is -2.62. The molecule has 1 saturated heterocycles. The molecule has 0 saturated carbocycles. The van der Waals surface area contributed by atoms with Crippen molar-refractivity contribution >= 4 is 0 Å². The van der Waals surface area contributed by atoms with E-state index in [0.717, 1.165) is 18.4 Å². The number of hydrogen-bond acceptors (Lipinski definition) is 4. The fourth-order valence-corrected chi connectivity index (χ4v) is 4.40. The third-order valence-electron chi connectivity index (χ3n) is 6.40. The second-order valence-electron chi connectivity index (χ2n) is 8.52. The molecule has 2 aromatic rings. The Labute approximate surface area is 174 Å². The van der Waals surface area contributed by atoms with Gasteiger partial charge in [-0.1, -0.05) is 81.4 Å². The van der Waals surface area contributed by atoms with E-state index in [9.17, 15) is 10.2 Å². The molecule has 3 rings (SSSR count). The van der Waals surface area contributed by atoms with Crippen molar-refractivity contribution in [1.29, 1.82) is 0 Å². The summed E-state index contributed by atoms with van der Waals surface area (Å²) in [5, 5.41) is 21.1. The number of aliphatic hydroxyl groups is 2. The van der Waals surface area contributed by atoms with Crippen molar-refractivity contribution < 1.29 is 19.7 Å². The Morgan fingerprint density at radius 1 is 0.966 bits per heavy atom. The van der Waals surface area contributed by atoms with E-state index in [1.807, 2.05) is 36.4 Å². The highest BCUT2D eigenvalue weighted by atomic mass is 16.7. The molecular formula is C25H34O4. The van der Waals surface area contributed by atoms with Gasteiger partial charge in [-0.15, -0.1) is 0 Å². The van der Waals surface area contributed by atoms with E-state index < -0.39 is 18.5 Å². The van der Waals surface area contributed by atoms with Crippen LogP contribution in [0.15, 0.2) is 60.7 Å². The number of aryl methyl sites for hydroxylation is 1. The highest BCUT2D eigenvalue weighted by Gasteiger charge is 2.52. The van der Waals surface area contributed by atoms with Crippen LogP contribution in [-0.2, 0) is 22.5 Å². The van der Waals surface area contributed by atoms with Gasteiger partial charge in [0.15, 0.2) is 0 Å². The molecule has 158 valence electrons. The maximum Gasteiger partial charge on any atom is 0.216 e. The van der Waals surface area contributed by atoms with E-state index in [-0.39, 0.29) is 23.9 Å². The molecule has 1 heterocycles. The minimum Gasteiger partial charge on any atom is -0.391 e.